The van der Waals surface area contributed by atoms with Crippen molar-refractivity contribution in [3.8, 4) is 0 Å². The van der Waals surface area contributed by atoms with E-state index in [1.54, 1.807) is 66.1 Å². The Morgan fingerprint density at radius 1 is 0.574 bits per heavy atom. The van der Waals surface area contributed by atoms with E-state index in [9.17, 15) is 41.8 Å². The van der Waals surface area contributed by atoms with Crippen LogP contribution < -0.4 is 31.1 Å². The summed E-state index contributed by atoms with van der Waals surface area (Å²) in [6.07, 6.45) is 3.40. The van der Waals surface area contributed by atoms with Crippen molar-refractivity contribution in [2.75, 3.05) is 90.8 Å². The van der Waals surface area contributed by atoms with Crippen LogP contribution in [0.3, 0.4) is 0 Å². The number of aliphatic hydroxyl groups is 4. The molecule has 0 unspecified atom stereocenters. The molecular formula is C44H54N12O10S2. The third-order valence-electron chi connectivity index (χ3n) is 9.40. The number of allylic oxidation sites excluding steroid dienone is 1. The lowest BCUT2D eigenvalue weighted by Gasteiger charge is -2.21. The number of anilines is 10. The zero-order valence-electron chi connectivity index (χ0n) is 37.4. The van der Waals surface area contributed by atoms with Crippen LogP contribution in [0.1, 0.15) is 23.6 Å². The largest absolute Gasteiger partial charge is 0.395 e. The highest BCUT2D eigenvalue weighted by molar-refractivity contribution is 7.86. The van der Waals surface area contributed by atoms with Crippen molar-refractivity contribution in [1.29, 1.82) is 0 Å². The van der Waals surface area contributed by atoms with Crippen molar-refractivity contribution in [2.45, 2.75) is 24.5 Å². The third-order valence-corrected chi connectivity index (χ3v) is 11.4. The van der Waals surface area contributed by atoms with Gasteiger partial charge in [0.1, 0.15) is 10.6 Å². The molecule has 0 aliphatic heterocycles. The first-order valence-electron chi connectivity index (χ1n) is 20.9. The monoisotopic (exact) mass is 974 g/mol. The number of benzene rings is 4. The van der Waals surface area contributed by atoms with Crippen LogP contribution in [0.15, 0.2) is 108 Å². The Morgan fingerprint density at radius 3 is 1.38 bits per heavy atom. The molecule has 24 heteroatoms. The van der Waals surface area contributed by atoms with E-state index in [0.717, 1.165) is 18.5 Å². The zero-order chi connectivity index (χ0) is 49.1. The molecule has 0 aliphatic carbocycles. The lowest BCUT2D eigenvalue weighted by Crippen LogP contribution is -2.31. The molecule has 0 amide bonds. The van der Waals surface area contributed by atoms with Gasteiger partial charge in [0.05, 0.1) is 33.5 Å². The van der Waals surface area contributed by atoms with E-state index in [0.29, 0.717) is 28.1 Å². The first-order valence-corrected chi connectivity index (χ1v) is 23.9. The predicted octanol–water partition coefficient (Wildman–Crippen LogP) is 4.36. The van der Waals surface area contributed by atoms with E-state index in [1.165, 1.54) is 6.07 Å². The van der Waals surface area contributed by atoms with Gasteiger partial charge in [-0.2, -0.15) is 46.7 Å². The van der Waals surface area contributed by atoms with Crippen LogP contribution in [-0.4, -0.2) is 131 Å². The summed E-state index contributed by atoms with van der Waals surface area (Å²) in [5.74, 6) is 0.700. The third kappa shape index (κ3) is 15.9. The molecule has 9 N–H and O–H groups in total. The Bertz CT molecular complexity index is 2800. The summed E-state index contributed by atoms with van der Waals surface area (Å²) in [5.41, 5.74) is 4.03. The molecule has 2 heterocycles. The van der Waals surface area contributed by atoms with Crippen LogP contribution in [0.25, 0.3) is 6.08 Å². The highest BCUT2D eigenvalue weighted by Crippen LogP contribution is 2.27. The molecule has 0 bridgehead atoms. The van der Waals surface area contributed by atoms with E-state index in [4.69, 9.17) is 4.18 Å². The van der Waals surface area contributed by atoms with Gasteiger partial charge in [0.15, 0.2) is 0 Å². The summed E-state index contributed by atoms with van der Waals surface area (Å²) in [4.78, 5) is 29.6. The van der Waals surface area contributed by atoms with Gasteiger partial charge in [-0.25, -0.2) is 0 Å². The quantitative estimate of drug-likeness (QED) is 0.0318. The van der Waals surface area contributed by atoms with Crippen molar-refractivity contribution < 1.29 is 46.0 Å². The van der Waals surface area contributed by atoms with Crippen LogP contribution in [-0.2, 0) is 30.2 Å². The molecule has 0 saturated carbocycles. The molecule has 0 saturated heterocycles. The first kappa shape index (κ1) is 52.1. The molecule has 4 aromatic carbocycles. The van der Waals surface area contributed by atoms with Gasteiger partial charge in [-0.1, -0.05) is 60.7 Å². The maximum absolute atomic E-state index is 12.5. The lowest BCUT2D eigenvalue weighted by molar-refractivity contribution is 0.279. The topological polar surface area (TPSA) is 311 Å². The number of aromatic nitrogens is 6. The van der Waals surface area contributed by atoms with Gasteiger partial charge in [-0.05, 0) is 79.1 Å². The maximum atomic E-state index is 12.5. The first-order chi connectivity index (χ1) is 32.7. The molecule has 0 fully saturated rings. The van der Waals surface area contributed by atoms with Gasteiger partial charge in [-0.15, -0.1) is 0 Å². The Labute approximate surface area is 394 Å². The molecule has 0 radical (unpaired) electrons. The number of hydrogen-bond acceptors (Lipinski definition) is 21. The smallest absolute Gasteiger partial charge is 0.297 e. The lowest BCUT2D eigenvalue weighted by atomic mass is 10.1. The fourth-order valence-corrected chi connectivity index (χ4v) is 7.82. The minimum atomic E-state index is -4.19. The Kier molecular flexibility index (Phi) is 19.4. The van der Waals surface area contributed by atoms with Crippen molar-refractivity contribution in [1.82, 2.24) is 29.9 Å². The number of nitrogens with zero attached hydrogens (tertiary/aromatic N) is 8. The summed E-state index contributed by atoms with van der Waals surface area (Å²) in [6.45, 7) is 3.69. The van der Waals surface area contributed by atoms with Crippen molar-refractivity contribution in [2.24, 2.45) is 0 Å². The fraction of sp³-hybridized carbons (Fsp3) is 0.273. The van der Waals surface area contributed by atoms with Crippen LogP contribution in [0.4, 0.5) is 58.4 Å². The van der Waals surface area contributed by atoms with Gasteiger partial charge in [0.25, 0.3) is 20.2 Å². The van der Waals surface area contributed by atoms with E-state index in [2.05, 4.69) is 51.2 Å². The maximum Gasteiger partial charge on any atom is 0.297 e. The number of para-hydroxylation sites is 2. The summed E-state index contributed by atoms with van der Waals surface area (Å²) < 4.78 is 61.5. The molecule has 0 atom stereocenters. The molecule has 2 aromatic heterocycles. The van der Waals surface area contributed by atoms with Crippen LogP contribution in [0.2, 0.25) is 0 Å². The van der Waals surface area contributed by atoms with Crippen molar-refractivity contribution in [3.05, 3.63) is 120 Å². The zero-order valence-corrected chi connectivity index (χ0v) is 39.1. The predicted molar refractivity (Wildman–Crippen MR) is 260 cm³/mol. The average molecular weight is 975 g/mol. The second kappa shape index (κ2) is 25.3. The molecule has 6 rings (SSSR count). The number of aliphatic hydroxyl groups excluding tert-OH is 4. The van der Waals surface area contributed by atoms with Crippen molar-refractivity contribution in [3.63, 3.8) is 0 Å². The summed E-state index contributed by atoms with van der Waals surface area (Å²) in [5, 5.41) is 49.9. The van der Waals surface area contributed by atoms with Crippen LogP contribution in [0.5, 0.6) is 0 Å². The number of rotatable bonds is 23. The van der Waals surface area contributed by atoms with E-state index in [1.807, 2.05) is 60.7 Å². The average Bonchev–Trinajstić information content (AvgIpc) is 3.31. The Morgan fingerprint density at radius 2 is 0.985 bits per heavy atom. The second-order valence-corrected chi connectivity index (χ2v) is 17.5. The van der Waals surface area contributed by atoms with Gasteiger partial charge < -0.3 is 51.5 Å². The molecule has 0 aliphatic rings. The second-order valence-electron chi connectivity index (χ2n) is 14.4. The van der Waals surface area contributed by atoms with Crippen LogP contribution >= 0.6 is 0 Å². The van der Waals surface area contributed by atoms with Gasteiger partial charge in [-0.3, -0.25) is 8.74 Å². The van der Waals surface area contributed by atoms with Crippen molar-refractivity contribution >= 4 is 84.8 Å². The number of nitrogens with one attached hydrogen (secondary N) is 4. The normalized spacial score (nSPS) is 11.4. The summed E-state index contributed by atoms with van der Waals surface area (Å²) >= 11 is 0. The van der Waals surface area contributed by atoms with Gasteiger partial charge in [0, 0.05) is 48.9 Å². The molecule has 362 valence electrons. The standard InChI is InChI=1S/C23H28N6O5S.C21H26N6O5S/c1-3-7-17-10-11-19(16-20(17)35(32,33)34-2)25-22-26-21(24-18-8-5-4-6-9-18)27-23(28-22)29(12-14-30)13-15-31;1-15-7-8-18(13-16(15)14-33(30,31)32)23-20-24-19(22-17-5-3-2-4-6-17)25-21(26-20)27(9-11-28)10-12-29/h3-11,16,30-31H,12-15H2,1-2H3,(H2,24,25,26,27,28);2-8,13,28-29H,9-12,14H2,1H3,(H,30,31,32)(H2,22,23,24,25,26)/b7-3+;. The van der Waals surface area contributed by atoms with E-state index >= 15 is 0 Å². The molecule has 68 heavy (non-hydrogen) atoms. The number of aryl methyl sites for hydroxylation is 1. The Hall–Kier alpha value is -6.90. The molecular weight excluding hydrogens is 921 g/mol. The SMILES string of the molecule is C/C=C/c1ccc(Nc2nc(Nc3ccccc3)nc(N(CCO)CCO)n2)cc1S(=O)(=O)OC.Cc1ccc(Nc2nc(Nc3ccccc3)nc(N(CCO)CCO)n2)cc1CS(=O)(=O)O. The van der Waals surface area contributed by atoms with E-state index < -0.39 is 26.0 Å². The molecule has 22 nitrogen and oxygen atoms in total. The summed E-state index contributed by atoms with van der Waals surface area (Å²) in [7, 11) is -7.06. The minimum Gasteiger partial charge on any atom is -0.395 e. The minimum absolute atomic E-state index is 0.0119. The van der Waals surface area contributed by atoms with Gasteiger partial charge in [0.2, 0.25) is 35.7 Å². The molecule has 6 aromatic rings. The van der Waals surface area contributed by atoms with E-state index in [-0.39, 0.29) is 93.2 Å². The highest BCUT2D eigenvalue weighted by Gasteiger charge is 2.20. The number of hydrogen-bond donors (Lipinski definition) is 9. The summed E-state index contributed by atoms with van der Waals surface area (Å²) in [6, 6.07) is 28.4. The van der Waals surface area contributed by atoms with Crippen LogP contribution in [0, 0.1) is 6.92 Å². The van der Waals surface area contributed by atoms with Gasteiger partial charge >= 0.3 is 0 Å². The molecule has 0 spiro atoms. The highest BCUT2D eigenvalue weighted by atomic mass is 32.2. The fourth-order valence-electron chi connectivity index (χ4n) is 6.24. The Balaban J connectivity index is 0.000000255.